The molecule has 14 heavy (non-hydrogen) atoms. The van der Waals surface area contributed by atoms with Gasteiger partial charge in [0.05, 0.1) is 11.7 Å². The predicted molar refractivity (Wildman–Crippen MR) is 50.8 cm³/mol. The molecule has 6 heteroatoms. The molecule has 0 spiro atoms. The first-order valence-electron chi connectivity index (χ1n) is 4.50. The van der Waals surface area contributed by atoms with E-state index in [0.717, 1.165) is 6.42 Å². The minimum absolute atomic E-state index is 0.0152. The summed E-state index contributed by atoms with van der Waals surface area (Å²) in [7, 11) is -3.59. The van der Waals surface area contributed by atoms with E-state index in [1.807, 2.05) is 0 Å². The lowest BCUT2D eigenvalue weighted by atomic mass is 9.81. The van der Waals surface area contributed by atoms with E-state index in [9.17, 15) is 13.5 Å². The van der Waals surface area contributed by atoms with Gasteiger partial charge in [-0.25, -0.2) is 13.1 Å². The van der Waals surface area contributed by atoms with E-state index in [4.69, 9.17) is 5.26 Å². The lowest BCUT2D eigenvalue weighted by molar-refractivity contribution is -0.0271. The third-order valence-electron chi connectivity index (χ3n) is 2.53. The van der Waals surface area contributed by atoms with E-state index >= 15 is 0 Å². The van der Waals surface area contributed by atoms with Crippen LogP contribution < -0.4 is 4.72 Å². The molecule has 0 amide bonds. The van der Waals surface area contributed by atoms with Crippen LogP contribution in [-0.4, -0.2) is 30.9 Å². The zero-order chi connectivity index (χ0) is 10.8. The number of nitriles is 1. The summed E-state index contributed by atoms with van der Waals surface area (Å²) >= 11 is 0. The van der Waals surface area contributed by atoms with Crippen molar-refractivity contribution in [1.82, 2.24) is 4.72 Å². The maximum atomic E-state index is 11.3. The van der Waals surface area contributed by atoms with Crippen LogP contribution in [0.5, 0.6) is 0 Å². The number of nitrogens with one attached hydrogen (secondary N) is 1. The van der Waals surface area contributed by atoms with Crippen molar-refractivity contribution in [3.63, 3.8) is 0 Å². The Labute approximate surface area is 83.8 Å². The smallest absolute Gasteiger partial charge is 0.227 e. The zero-order valence-electron chi connectivity index (χ0n) is 8.02. The van der Waals surface area contributed by atoms with E-state index in [1.165, 1.54) is 6.92 Å². The first-order chi connectivity index (χ1) is 6.40. The van der Waals surface area contributed by atoms with Crippen molar-refractivity contribution in [2.75, 3.05) is 6.54 Å². The Morgan fingerprint density at radius 1 is 1.64 bits per heavy atom. The summed E-state index contributed by atoms with van der Waals surface area (Å²) in [5, 5.41) is 17.0. The van der Waals surface area contributed by atoms with Crippen LogP contribution in [0.25, 0.3) is 0 Å². The molecule has 5 nitrogen and oxygen atoms in total. The first kappa shape index (κ1) is 11.4. The highest BCUT2D eigenvalue weighted by atomic mass is 32.2. The molecule has 80 valence electrons. The van der Waals surface area contributed by atoms with Gasteiger partial charge in [-0.15, -0.1) is 0 Å². The highest BCUT2D eigenvalue weighted by molar-refractivity contribution is 7.90. The maximum absolute atomic E-state index is 11.3. The Hall–Kier alpha value is -0.640. The van der Waals surface area contributed by atoms with Crippen LogP contribution in [0.3, 0.4) is 0 Å². The molecule has 0 aromatic carbocycles. The zero-order valence-corrected chi connectivity index (χ0v) is 8.84. The molecular weight excluding hydrogens is 204 g/mol. The fourth-order valence-electron chi connectivity index (χ4n) is 1.19. The van der Waals surface area contributed by atoms with E-state index in [-0.39, 0.29) is 6.54 Å². The molecule has 1 saturated carbocycles. The second kappa shape index (κ2) is 3.85. The second-order valence-corrected chi connectivity index (χ2v) is 5.80. The van der Waals surface area contributed by atoms with Crippen molar-refractivity contribution in [3.8, 4) is 6.07 Å². The van der Waals surface area contributed by atoms with Gasteiger partial charge in [-0.1, -0.05) is 0 Å². The standard InChI is InChI=1S/C8H14N2O3S/c1-7(5-9)14(12,13)10-6-8(11)3-2-4-8/h7,10-11H,2-4,6H2,1H3. The van der Waals surface area contributed by atoms with Gasteiger partial charge >= 0.3 is 0 Å². The Bertz CT molecular complexity index is 340. The molecule has 0 radical (unpaired) electrons. The number of rotatable bonds is 4. The number of sulfonamides is 1. The van der Waals surface area contributed by atoms with Crippen LogP contribution in [0.2, 0.25) is 0 Å². The van der Waals surface area contributed by atoms with Crippen molar-refractivity contribution in [3.05, 3.63) is 0 Å². The van der Waals surface area contributed by atoms with Crippen molar-refractivity contribution < 1.29 is 13.5 Å². The highest BCUT2D eigenvalue weighted by Crippen LogP contribution is 2.30. The van der Waals surface area contributed by atoms with E-state index in [1.54, 1.807) is 6.07 Å². The summed E-state index contributed by atoms with van der Waals surface area (Å²) in [5.74, 6) is 0. The number of aliphatic hydroxyl groups is 1. The lowest BCUT2D eigenvalue weighted by Crippen LogP contribution is -2.49. The Kier molecular flexibility index (Phi) is 3.14. The summed E-state index contributed by atoms with van der Waals surface area (Å²) in [6, 6.07) is 1.65. The van der Waals surface area contributed by atoms with Gasteiger partial charge in [-0.05, 0) is 26.2 Å². The molecule has 0 heterocycles. The van der Waals surface area contributed by atoms with Crippen molar-refractivity contribution in [2.24, 2.45) is 0 Å². The van der Waals surface area contributed by atoms with E-state index in [2.05, 4.69) is 4.72 Å². The van der Waals surface area contributed by atoms with Crippen LogP contribution in [0, 0.1) is 11.3 Å². The molecule has 1 unspecified atom stereocenters. The first-order valence-corrected chi connectivity index (χ1v) is 6.05. The topological polar surface area (TPSA) is 90.2 Å². The largest absolute Gasteiger partial charge is 0.389 e. The maximum Gasteiger partial charge on any atom is 0.227 e. The molecule has 0 aliphatic heterocycles. The van der Waals surface area contributed by atoms with E-state index < -0.39 is 20.9 Å². The normalized spacial score (nSPS) is 22.1. The predicted octanol–water partition coefficient (Wildman–Crippen LogP) is -0.267. The quantitative estimate of drug-likeness (QED) is 0.679. The third-order valence-corrected chi connectivity index (χ3v) is 4.12. The van der Waals surface area contributed by atoms with Crippen molar-refractivity contribution in [1.29, 1.82) is 5.26 Å². The number of hydrogen-bond donors (Lipinski definition) is 2. The number of nitrogens with zero attached hydrogens (tertiary/aromatic N) is 1. The molecule has 0 saturated heterocycles. The molecule has 0 bridgehead atoms. The third kappa shape index (κ3) is 2.44. The summed E-state index contributed by atoms with van der Waals surface area (Å²) < 4.78 is 24.9. The van der Waals surface area contributed by atoms with Gasteiger partial charge in [0.25, 0.3) is 0 Å². The van der Waals surface area contributed by atoms with Gasteiger partial charge in [0.1, 0.15) is 0 Å². The molecule has 0 aromatic rings. The monoisotopic (exact) mass is 218 g/mol. The van der Waals surface area contributed by atoms with Crippen molar-refractivity contribution >= 4 is 10.0 Å². The van der Waals surface area contributed by atoms with Crippen molar-refractivity contribution in [2.45, 2.75) is 37.0 Å². The van der Waals surface area contributed by atoms with Gasteiger partial charge in [-0.3, -0.25) is 0 Å². The Morgan fingerprint density at radius 3 is 2.57 bits per heavy atom. The molecule has 0 aromatic heterocycles. The van der Waals surface area contributed by atoms with Gasteiger partial charge in [0.15, 0.2) is 5.25 Å². The average Bonchev–Trinajstić information content (AvgIpc) is 2.10. The lowest BCUT2D eigenvalue weighted by Gasteiger charge is -2.36. The van der Waals surface area contributed by atoms with Gasteiger partial charge < -0.3 is 5.11 Å². The minimum atomic E-state index is -3.59. The molecule has 1 aliphatic carbocycles. The average molecular weight is 218 g/mol. The summed E-state index contributed by atoms with van der Waals surface area (Å²) in [6.45, 7) is 1.33. The van der Waals surface area contributed by atoms with Crippen LogP contribution in [-0.2, 0) is 10.0 Å². The van der Waals surface area contributed by atoms with Gasteiger partial charge in [-0.2, -0.15) is 5.26 Å². The molecular formula is C8H14N2O3S. The summed E-state index contributed by atoms with van der Waals surface area (Å²) in [5.41, 5.74) is -0.887. The van der Waals surface area contributed by atoms with E-state index in [0.29, 0.717) is 12.8 Å². The van der Waals surface area contributed by atoms with Gasteiger partial charge in [0.2, 0.25) is 10.0 Å². The Morgan fingerprint density at radius 2 is 2.21 bits per heavy atom. The molecule has 1 aliphatic rings. The van der Waals surface area contributed by atoms with Crippen LogP contribution in [0.15, 0.2) is 0 Å². The molecule has 1 fully saturated rings. The molecule has 1 atom stereocenters. The van der Waals surface area contributed by atoms with Crippen LogP contribution in [0.1, 0.15) is 26.2 Å². The van der Waals surface area contributed by atoms with Gasteiger partial charge in [0, 0.05) is 6.54 Å². The fraction of sp³-hybridized carbons (Fsp3) is 0.875. The summed E-state index contributed by atoms with van der Waals surface area (Å²) in [6.07, 6.45) is 2.17. The SMILES string of the molecule is CC(C#N)S(=O)(=O)NCC1(O)CCC1. The summed E-state index contributed by atoms with van der Waals surface area (Å²) in [4.78, 5) is 0. The molecule has 2 N–H and O–H groups in total. The fourth-order valence-corrected chi connectivity index (χ4v) is 2.05. The molecule has 1 rings (SSSR count). The van der Waals surface area contributed by atoms with Crippen LogP contribution in [0.4, 0.5) is 0 Å². The second-order valence-electron chi connectivity index (χ2n) is 3.72. The number of hydrogen-bond acceptors (Lipinski definition) is 4. The van der Waals surface area contributed by atoms with Crippen LogP contribution >= 0.6 is 0 Å². The Balaban J connectivity index is 2.49. The highest BCUT2D eigenvalue weighted by Gasteiger charge is 2.36. The minimum Gasteiger partial charge on any atom is -0.389 e.